The molecule has 0 aliphatic heterocycles. The first kappa shape index (κ1) is 11.7. The summed E-state index contributed by atoms with van der Waals surface area (Å²) in [5.41, 5.74) is 4.38. The maximum Gasteiger partial charge on any atom is 0.352 e. The lowest BCUT2D eigenvalue weighted by Gasteiger charge is -2.05. The summed E-state index contributed by atoms with van der Waals surface area (Å²) in [6.07, 6.45) is 2.81. The molecule has 0 spiro atoms. The molecule has 0 radical (unpaired) electrons. The minimum atomic E-state index is -0.976. The van der Waals surface area contributed by atoms with Gasteiger partial charge in [-0.05, 0) is 35.3 Å². The maximum atomic E-state index is 11.1. The molecule has 1 heterocycles. The van der Waals surface area contributed by atoms with Gasteiger partial charge in [0.05, 0.1) is 6.10 Å². The zero-order valence-corrected chi connectivity index (χ0v) is 10.3. The minimum Gasteiger partial charge on any atom is -0.477 e. The first-order valence-electron chi connectivity index (χ1n) is 6.00. The molecular weight excluding hydrogens is 242 g/mol. The molecule has 0 amide bonds. The summed E-state index contributed by atoms with van der Waals surface area (Å²) in [5, 5.41) is 19.1. The number of aliphatic hydroxyl groups is 1. The number of aromatic nitrogens is 1. The average molecular weight is 255 g/mol. The Morgan fingerprint density at radius 1 is 1.26 bits per heavy atom. The number of nitrogens with one attached hydrogen (secondary N) is 1. The third kappa shape index (κ3) is 1.69. The Hall–Kier alpha value is -2.33. The van der Waals surface area contributed by atoms with Gasteiger partial charge in [0, 0.05) is 11.8 Å². The van der Waals surface area contributed by atoms with Crippen LogP contribution in [0, 0.1) is 6.92 Å². The van der Waals surface area contributed by atoms with Gasteiger partial charge in [0.1, 0.15) is 5.69 Å². The first-order valence-corrected chi connectivity index (χ1v) is 6.00. The fraction of sp³-hybridized carbons (Fsp3) is 0.133. The number of hydrogen-bond acceptors (Lipinski definition) is 2. The van der Waals surface area contributed by atoms with Crippen molar-refractivity contribution < 1.29 is 15.0 Å². The summed E-state index contributed by atoms with van der Waals surface area (Å²) >= 11 is 0. The second-order valence-corrected chi connectivity index (χ2v) is 4.62. The van der Waals surface area contributed by atoms with E-state index in [1.807, 2.05) is 24.3 Å². The topological polar surface area (TPSA) is 73.3 Å². The molecule has 96 valence electrons. The molecule has 1 unspecified atom stereocenters. The van der Waals surface area contributed by atoms with E-state index in [9.17, 15) is 9.90 Å². The standard InChI is InChI=1S/C15H13NO3/c1-8-12(7-16-14(8)15(18)19)11-6-13(17)10-5-3-2-4-9(10)11/h2-7,13,16-17H,1H3,(H,18,19). The van der Waals surface area contributed by atoms with E-state index < -0.39 is 12.1 Å². The summed E-state index contributed by atoms with van der Waals surface area (Å²) in [5.74, 6) is -0.976. The largest absolute Gasteiger partial charge is 0.477 e. The lowest BCUT2D eigenvalue weighted by Crippen LogP contribution is -1.99. The van der Waals surface area contributed by atoms with Crippen molar-refractivity contribution in [2.75, 3.05) is 0 Å². The van der Waals surface area contributed by atoms with Crippen LogP contribution in [0.5, 0.6) is 0 Å². The second-order valence-electron chi connectivity index (χ2n) is 4.62. The van der Waals surface area contributed by atoms with Gasteiger partial charge < -0.3 is 15.2 Å². The van der Waals surface area contributed by atoms with Gasteiger partial charge in [-0.25, -0.2) is 4.79 Å². The summed E-state index contributed by atoms with van der Waals surface area (Å²) < 4.78 is 0. The van der Waals surface area contributed by atoms with Crippen LogP contribution in [0.3, 0.4) is 0 Å². The van der Waals surface area contributed by atoms with Crippen LogP contribution in [-0.4, -0.2) is 21.2 Å². The molecule has 1 aromatic carbocycles. The molecular formula is C15H13NO3. The molecule has 4 heteroatoms. The van der Waals surface area contributed by atoms with Crippen molar-refractivity contribution in [2.24, 2.45) is 0 Å². The summed E-state index contributed by atoms with van der Waals surface area (Å²) in [6, 6.07) is 7.60. The van der Waals surface area contributed by atoms with E-state index in [1.165, 1.54) is 0 Å². The lowest BCUT2D eigenvalue weighted by atomic mass is 9.98. The number of aromatic amines is 1. The van der Waals surface area contributed by atoms with Crippen LogP contribution in [0.4, 0.5) is 0 Å². The molecule has 1 aromatic heterocycles. The normalized spacial score (nSPS) is 17.2. The SMILES string of the molecule is Cc1c(C2=CC(O)c3ccccc32)c[nH]c1C(=O)O. The van der Waals surface area contributed by atoms with Crippen LogP contribution in [0.1, 0.15) is 38.8 Å². The van der Waals surface area contributed by atoms with E-state index in [-0.39, 0.29) is 5.69 Å². The van der Waals surface area contributed by atoms with E-state index in [1.54, 1.807) is 19.2 Å². The van der Waals surface area contributed by atoms with Crippen LogP contribution in [0.2, 0.25) is 0 Å². The van der Waals surface area contributed by atoms with Crippen molar-refractivity contribution in [3.63, 3.8) is 0 Å². The Bertz CT molecular complexity index is 697. The van der Waals surface area contributed by atoms with E-state index in [0.29, 0.717) is 5.56 Å². The summed E-state index contributed by atoms with van der Waals surface area (Å²) in [7, 11) is 0. The average Bonchev–Trinajstić information content (AvgIpc) is 2.91. The quantitative estimate of drug-likeness (QED) is 0.772. The summed E-state index contributed by atoms with van der Waals surface area (Å²) in [4.78, 5) is 13.8. The Morgan fingerprint density at radius 3 is 2.68 bits per heavy atom. The molecule has 0 saturated carbocycles. The van der Waals surface area contributed by atoms with Crippen molar-refractivity contribution in [1.82, 2.24) is 4.98 Å². The van der Waals surface area contributed by atoms with Crippen molar-refractivity contribution in [3.05, 3.63) is 64.5 Å². The molecule has 3 N–H and O–H groups in total. The fourth-order valence-corrected chi connectivity index (χ4v) is 2.57. The number of carbonyl (C=O) groups is 1. The molecule has 0 saturated heterocycles. The van der Waals surface area contributed by atoms with Crippen molar-refractivity contribution in [2.45, 2.75) is 13.0 Å². The molecule has 0 fully saturated rings. The molecule has 19 heavy (non-hydrogen) atoms. The van der Waals surface area contributed by atoms with Gasteiger partial charge in [-0.1, -0.05) is 24.3 Å². The molecule has 2 aromatic rings. The number of benzene rings is 1. The third-order valence-electron chi connectivity index (χ3n) is 3.54. The van der Waals surface area contributed by atoms with Gasteiger partial charge in [0.25, 0.3) is 0 Å². The molecule has 1 aliphatic carbocycles. The van der Waals surface area contributed by atoms with Gasteiger partial charge >= 0.3 is 5.97 Å². The number of aliphatic hydroxyl groups excluding tert-OH is 1. The maximum absolute atomic E-state index is 11.1. The number of aromatic carboxylic acids is 1. The van der Waals surface area contributed by atoms with Crippen LogP contribution in [0.15, 0.2) is 36.5 Å². The Kier molecular flexibility index (Phi) is 2.54. The number of H-pyrrole nitrogens is 1. The Morgan fingerprint density at radius 2 is 2.00 bits per heavy atom. The van der Waals surface area contributed by atoms with Gasteiger partial charge in [-0.3, -0.25) is 0 Å². The molecule has 0 bridgehead atoms. The molecule has 1 atom stereocenters. The minimum absolute atomic E-state index is 0.190. The van der Waals surface area contributed by atoms with E-state index in [0.717, 1.165) is 22.3 Å². The third-order valence-corrected chi connectivity index (χ3v) is 3.54. The molecule has 4 nitrogen and oxygen atoms in total. The van der Waals surface area contributed by atoms with Crippen molar-refractivity contribution in [3.8, 4) is 0 Å². The number of carboxylic acid groups (broad SMARTS) is 1. The number of fused-ring (bicyclic) bond motifs is 1. The number of hydrogen-bond donors (Lipinski definition) is 3. The summed E-state index contributed by atoms with van der Waals surface area (Å²) in [6.45, 7) is 1.77. The Balaban J connectivity index is 2.15. The van der Waals surface area contributed by atoms with Crippen LogP contribution >= 0.6 is 0 Å². The highest BCUT2D eigenvalue weighted by Gasteiger charge is 2.25. The number of rotatable bonds is 2. The monoisotopic (exact) mass is 255 g/mol. The van der Waals surface area contributed by atoms with E-state index in [4.69, 9.17) is 5.11 Å². The smallest absolute Gasteiger partial charge is 0.352 e. The van der Waals surface area contributed by atoms with Crippen LogP contribution < -0.4 is 0 Å². The van der Waals surface area contributed by atoms with Crippen molar-refractivity contribution in [1.29, 1.82) is 0 Å². The number of carboxylic acids is 1. The zero-order valence-electron chi connectivity index (χ0n) is 10.3. The van der Waals surface area contributed by atoms with Gasteiger partial charge in [0.15, 0.2) is 0 Å². The van der Waals surface area contributed by atoms with Crippen molar-refractivity contribution >= 4 is 11.5 Å². The van der Waals surface area contributed by atoms with Gasteiger partial charge in [-0.2, -0.15) is 0 Å². The van der Waals surface area contributed by atoms with Gasteiger partial charge in [-0.15, -0.1) is 0 Å². The lowest BCUT2D eigenvalue weighted by molar-refractivity contribution is 0.0690. The zero-order chi connectivity index (χ0) is 13.6. The predicted octanol–water partition coefficient (Wildman–Crippen LogP) is 2.50. The van der Waals surface area contributed by atoms with E-state index in [2.05, 4.69) is 4.98 Å². The van der Waals surface area contributed by atoms with Crippen LogP contribution in [0.25, 0.3) is 5.57 Å². The Labute approximate surface area is 110 Å². The highest BCUT2D eigenvalue weighted by atomic mass is 16.4. The molecule has 3 rings (SSSR count). The highest BCUT2D eigenvalue weighted by Crippen LogP contribution is 2.39. The predicted molar refractivity (Wildman–Crippen MR) is 71.0 cm³/mol. The molecule has 1 aliphatic rings. The first-order chi connectivity index (χ1) is 9.09. The van der Waals surface area contributed by atoms with Gasteiger partial charge in [0.2, 0.25) is 0 Å². The second kappa shape index (κ2) is 4.10. The fourth-order valence-electron chi connectivity index (χ4n) is 2.57. The van der Waals surface area contributed by atoms with Crippen LogP contribution in [-0.2, 0) is 0 Å². The highest BCUT2D eigenvalue weighted by molar-refractivity contribution is 5.93. The van der Waals surface area contributed by atoms with E-state index >= 15 is 0 Å².